The predicted molar refractivity (Wildman–Crippen MR) is 95.5 cm³/mol. The molecule has 1 atom stereocenters. The SMILES string of the molecule is O=C(O)C#CC(=O)c1c#cc(C2=CC=C(C3C=CC=CC3)CC2)cc1. The lowest BCUT2D eigenvalue weighted by Crippen LogP contribution is -2.05. The van der Waals surface area contributed by atoms with Gasteiger partial charge in [0.15, 0.2) is 0 Å². The lowest BCUT2D eigenvalue weighted by molar-refractivity contribution is -0.130. The molecule has 0 heterocycles. The molecular formula is C22H16O3. The van der Waals surface area contributed by atoms with Crippen molar-refractivity contribution in [1.82, 2.24) is 0 Å². The fourth-order valence-electron chi connectivity index (χ4n) is 2.92. The predicted octanol–water partition coefficient (Wildman–Crippen LogP) is 3.79. The maximum absolute atomic E-state index is 11.7. The summed E-state index contributed by atoms with van der Waals surface area (Å²) in [5.41, 5.74) is 3.72. The number of hydrogen-bond donors (Lipinski definition) is 1. The van der Waals surface area contributed by atoms with Gasteiger partial charge in [-0.15, -0.1) is 0 Å². The lowest BCUT2D eigenvalue weighted by Gasteiger charge is -2.21. The average molecular weight is 328 g/mol. The van der Waals surface area contributed by atoms with E-state index in [1.54, 1.807) is 12.1 Å². The summed E-state index contributed by atoms with van der Waals surface area (Å²) in [4.78, 5) is 22.1. The summed E-state index contributed by atoms with van der Waals surface area (Å²) < 4.78 is 0. The minimum absolute atomic E-state index is 0.226. The van der Waals surface area contributed by atoms with Crippen molar-refractivity contribution < 1.29 is 14.7 Å². The van der Waals surface area contributed by atoms with Gasteiger partial charge in [0.1, 0.15) is 0 Å². The van der Waals surface area contributed by atoms with Crippen LogP contribution in [0, 0.1) is 29.9 Å². The van der Waals surface area contributed by atoms with Gasteiger partial charge >= 0.3 is 5.97 Å². The number of Topliss-reactive ketones (excluding diaryl/α,β-unsaturated/α-hetero) is 1. The van der Waals surface area contributed by atoms with E-state index in [0.29, 0.717) is 5.92 Å². The molecule has 0 bridgehead atoms. The summed E-state index contributed by atoms with van der Waals surface area (Å²) in [6.07, 6.45) is 15.9. The van der Waals surface area contributed by atoms with E-state index in [4.69, 9.17) is 5.11 Å². The highest BCUT2D eigenvalue weighted by molar-refractivity contribution is 6.11. The zero-order valence-corrected chi connectivity index (χ0v) is 13.6. The summed E-state index contributed by atoms with van der Waals surface area (Å²) in [5, 5.41) is 8.47. The van der Waals surface area contributed by atoms with Crippen LogP contribution in [0.5, 0.6) is 0 Å². The number of ketones is 1. The van der Waals surface area contributed by atoms with Crippen LogP contribution in [0.2, 0.25) is 0 Å². The number of carbonyl (C=O) groups is 2. The molecule has 3 heteroatoms. The number of carboxylic acids is 1. The van der Waals surface area contributed by atoms with Crippen LogP contribution in [-0.4, -0.2) is 16.9 Å². The largest absolute Gasteiger partial charge is 0.472 e. The number of carbonyl (C=O) groups excluding carboxylic acids is 1. The molecule has 3 rings (SSSR count). The quantitative estimate of drug-likeness (QED) is 0.522. The molecule has 0 aliphatic heterocycles. The van der Waals surface area contributed by atoms with Gasteiger partial charge in [-0.1, -0.05) is 54.2 Å². The van der Waals surface area contributed by atoms with Crippen LogP contribution in [0.25, 0.3) is 5.57 Å². The van der Waals surface area contributed by atoms with Crippen molar-refractivity contribution in [3.05, 3.63) is 77.4 Å². The molecule has 0 saturated heterocycles. The van der Waals surface area contributed by atoms with Crippen molar-refractivity contribution in [3.8, 4) is 11.8 Å². The van der Waals surface area contributed by atoms with E-state index < -0.39 is 11.8 Å². The van der Waals surface area contributed by atoms with Crippen molar-refractivity contribution in [2.45, 2.75) is 19.3 Å². The first-order valence-electron chi connectivity index (χ1n) is 8.10. The normalized spacial score (nSPS) is 18.3. The maximum Gasteiger partial charge on any atom is 0.382 e. The highest BCUT2D eigenvalue weighted by Crippen LogP contribution is 2.32. The van der Waals surface area contributed by atoms with Crippen LogP contribution in [0.4, 0.5) is 0 Å². The van der Waals surface area contributed by atoms with E-state index in [2.05, 4.69) is 54.5 Å². The molecule has 1 aromatic carbocycles. The number of rotatable bonds is 3. The Hall–Kier alpha value is -3.30. The molecule has 0 saturated carbocycles. The van der Waals surface area contributed by atoms with E-state index in [1.165, 1.54) is 5.57 Å². The standard InChI is InChI=1S/C22H16O3/c23-21(14-15-22(24)25)20-12-10-19(11-13-20)18-8-6-17(7-9-18)16-4-2-1-3-5-16/h1-4,6,8,10,12,16H,5,7,9H2,(H,24,25). The van der Waals surface area contributed by atoms with E-state index >= 15 is 0 Å². The van der Waals surface area contributed by atoms with Crippen LogP contribution in [0.1, 0.15) is 35.2 Å². The zero-order chi connectivity index (χ0) is 17.6. The number of hydrogen-bond acceptors (Lipinski definition) is 2. The van der Waals surface area contributed by atoms with Crippen LogP contribution >= 0.6 is 0 Å². The molecule has 2 aliphatic rings. The van der Waals surface area contributed by atoms with Crippen LogP contribution in [0.3, 0.4) is 0 Å². The van der Waals surface area contributed by atoms with Crippen molar-refractivity contribution in [2.75, 3.05) is 0 Å². The third kappa shape index (κ3) is 4.16. The third-order valence-corrected chi connectivity index (χ3v) is 4.26. The van der Waals surface area contributed by atoms with Crippen molar-refractivity contribution in [3.63, 3.8) is 0 Å². The average Bonchev–Trinajstić information content (AvgIpc) is 2.67. The van der Waals surface area contributed by atoms with E-state index in [1.807, 2.05) is 5.92 Å². The Labute approximate surface area is 147 Å². The Kier molecular flexibility index (Phi) is 4.97. The summed E-state index contributed by atoms with van der Waals surface area (Å²) >= 11 is 0. The van der Waals surface area contributed by atoms with Gasteiger partial charge < -0.3 is 5.11 Å². The van der Waals surface area contributed by atoms with Crippen LogP contribution in [-0.2, 0) is 4.79 Å². The minimum Gasteiger partial charge on any atom is -0.472 e. The Morgan fingerprint density at radius 2 is 1.96 bits per heavy atom. The third-order valence-electron chi connectivity index (χ3n) is 4.26. The molecule has 0 aromatic heterocycles. The Morgan fingerprint density at radius 3 is 2.56 bits per heavy atom. The zero-order valence-electron chi connectivity index (χ0n) is 13.6. The summed E-state index contributed by atoms with van der Waals surface area (Å²) in [7, 11) is 0. The molecule has 1 unspecified atom stereocenters. The molecule has 1 N–H and O–H groups in total. The molecule has 25 heavy (non-hydrogen) atoms. The maximum atomic E-state index is 11.7. The van der Waals surface area contributed by atoms with E-state index in [9.17, 15) is 9.59 Å². The number of aliphatic carboxylic acids is 1. The second kappa shape index (κ2) is 7.51. The first-order valence-corrected chi connectivity index (χ1v) is 8.10. The highest BCUT2D eigenvalue weighted by Gasteiger charge is 2.15. The molecule has 0 spiro atoms. The van der Waals surface area contributed by atoms with Crippen LogP contribution in [0.15, 0.2) is 54.2 Å². The monoisotopic (exact) mass is 328 g/mol. The molecular weight excluding hydrogens is 312 g/mol. The van der Waals surface area contributed by atoms with Crippen molar-refractivity contribution >= 4 is 17.3 Å². The van der Waals surface area contributed by atoms with Gasteiger partial charge in [0.25, 0.3) is 0 Å². The Balaban J connectivity index is 1.72. The fourth-order valence-corrected chi connectivity index (χ4v) is 2.92. The van der Waals surface area contributed by atoms with Gasteiger partial charge in [-0.2, -0.15) is 0 Å². The Bertz CT molecular complexity index is 868. The topological polar surface area (TPSA) is 54.4 Å². The number of carboxylic acid groups (broad SMARTS) is 1. The molecule has 0 fully saturated rings. The summed E-state index contributed by atoms with van der Waals surface area (Å²) in [6.45, 7) is 0. The van der Waals surface area contributed by atoms with Gasteiger partial charge in [-0.3, -0.25) is 4.79 Å². The first kappa shape index (κ1) is 16.6. The van der Waals surface area contributed by atoms with Crippen molar-refractivity contribution in [2.24, 2.45) is 5.92 Å². The smallest absolute Gasteiger partial charge is 0.382 e. The van der Waals surface area contributed by atoms with Gasteiger partial charge in [-0.05, 0) is 42.9 Å². The fraction of sp³-hybridized carbons (Fsp3) is 0.182. The highest BCUT2D eigenvalue weighted by atomic mass is 16.4. The summed E-state index contributed by atoms with van der Waals surface area (Å²) in [6, 6.07) is 9.18. The van der Waals surface area contributed by atoms with Gasteiger partial charge in [0, 0.05) is 17.4 Å². The molecule has 0 amide bonds. The van der Waals surface area contributed by atoms with E-state index in [0.717, 1.165) is 30.4 Å². The minimum atomic E-state index is -1.33. The molecule has 1 aromatic rings. The summed E-state index contributed by atoms with van der Waals surface area (Å²) in [5.74, 6) is 2.47. The number of allylic oxidation sites excluding steroid dienone is 8. The molecule has 122 valence electrons. The van der Waals surface area contributed by atoms with E-state index in [-0.39, 0.29) is 5.56 Å². The lowest BCUT2D eigenvalue weighted by atomic mass is 9.84. The van der Waals surface area contributed by atoms with Gasteiger partial charge in [0.05, 0.1) is 5.56 Å². The molecule has 2 aliphatic carbocycles. The van der Waals surface area contributed by atoms with Crippen molar-refractivity contribution in [1.29, 1.82) is 0 Å². The van der Waals surface area contributed by atoms with Gasteiger partial charge in [0.2, 0.25) is 5.78 Å². The second-order valence-corrected chi connectivity index (χ2v) is 5.88. The Morgan fingerprint density at radius 1 is 1.08 bits per heavy atom. The van der Waals surface area contributed by atoms with Crippen LogP contribution < -0.4 is 0 Å². The first-order chi connectivity index (χ1) is 12.1. The molecule has 3 nitrogen and oxygen atoms in total. The second-order valence-electron chi connectivity index (χ2n) is 5.88. The molecule has 0 radical (unpaired) electrons. The van der Waals surface area contributed by atoms with Gasteiger partial charge in [-0.25, -0.2) is 4.79 Å².